The molecule has 0 amide bonds. The van der Waals surface area contributed by atoms with Crippen LogP contribution in [0.1, 0.15) is 55.5 Å². The van der Waals surface area contributed by atoms with E-state index in [1.807, 2.05) is 10.7 Å². The van der Waals surface area contributed by atoms with Gasteiger partial charge < -0.3 is 14.5 Å². The van der Waals surface area contributed by atoms with Crippen molar-refractivity contribution in [2.24, 2.45) is 0 Å². The Bertz CT molecular complexity index is 1120. The van der Waals surface area contributed by atoms with E-state index in [-0.39, 0.29) is 12.6 Å². The first-order valence-electron chi connectivity index (χ1n) is 11.2. The Labute approximate surface area is 192 Å². The van der Waals surface area contributed by atoms with Gasteiger partial charge in [0, 0.05) is 23.8 Å². The van der Waals surface area contributed by atoms with E-state index in [2.05, 4.69) is 33.2 Å². The first kappa shape index (κ1) is 24.1. The number of benzene rings is 1. The van der Waals surface area contributed by atoms with Crippen molar-refractivity contribution in [3.05, 3.63) is 35.9 Å². The number of aliphatic carboxylic acids is 1. The summed E-state index contributed by atoms with van der Waals surface area (Å²) >= 11 is 0. The van der Waals surface area contributed by atoms with Crippen molar-refractivity contribution >= 4 is 16.9 Å². The molecule has 1 aliphatic carbocycles. The van der Waals surface area contributed by atoms with Crippen LogP contribution in [0.15, 0.2) is 28.8 Å². The Balaban J connectivity index is 0.000000344. The van der Waals surface area contributed by atoms with Crippen molar-refractivity contribution in [1.29, 1.82) is 0 Å². The van der Waals surface area contributed by atoms with Gasteiger partial charge in [0.25, 0.3) is 5.95 Å². The van der Waals surface area contributed by atoms with Crippen molar-refractivity contribution < 1.29 is 32.0 Å². The van der Waals surface area contributed by atoms with E-state index in [0.29, 0.717) is 24.2 Å². The number of piperidine rings is 1. The van der Waals surface area contributed by atoms with Crippen LogP contribution in [0.25, 0.3) is 16.9 Å². The summed E-state index contributed by atoms with van der Waals surface area (Å²) in [4.78, 5) is 15.9. The van der Waals surface area contributed by atoms with Crippen LogP contribution in [0.4, 0.5) is 17.6 Å². The third kappa shape index (κ3) is 5.54. The van der Waals surface area contributed by atoms with E-state index in [9.17, 15) is 17.6 Å². The number of alkyl halides is 4. The molecule has 0 bridgehead atoms. The monoisotopic (exact) mass is 483 g/mol. The number of aromatic nitrogens is 4. The summed E-state index contributed by atoms with van der Waals surface area (Å²) in [7, 11) is 0. The Morgan fingerprint density at radius 2 is 1.79 bits per heavy atom. The lowest BCUT2D eigenvalue weighted by Crippen LogP contribution is -2.34. The summed E-state index contributed by atoms with van der Waals surface area (Å²) in [6.07, 6.45) is -0.105. The minimum absolute atomic E-state index is 0.242. The highest BCUT2D eigenvalue weighted by molar-refractivity contribution is 5.83. The lowest BCUT2D eigenvalue weighted by atomic mass is 9.97. The predicted molar refractivity (Wildman–Crippen MR) is 114 cm³/mol. The van der Waals surface area contributed by atoms with Gasteiger partial charge in [-0.15, -0.1) is 0 Å². The molecule has 184 valence electrons. The van der Waals surface area contributed by atoms with Crippen molar-refractivity contribution in [1.82, 2.24) is 24.8 Å². The molecule has 8 nitrogen and oxygen atoms in total. The smallest absolute Gasteiger partial charge is 0.475 e. The van der Waals surface area contributed by atoms with E-state index >= 15 is 0 Å². The standard InChI is InChI=1S/C20H24FN5O.C2HF3O2/c21-10-3-11-25-12-8-15(9-13-25)19-22-20(24-27-19)26-17-5-2-1-4-16(17)18(23-26)14-6-7-14;3-2(4,5)1(6)7/h1-2,4-5,14-15H,3,6-13H2;(H,6,7). The first-order valence-corrected chi connectivity index (χ1v) is 11.2. The van der Waals surface area contributed by atoms with Crippen LogP contribution in [0.2, 0.25) is 0 Å². The summed E-state index contributed by atoms with van der Waals surface area (Å²) in [6, 6.07) is 8.26. The molecule has 2 fully saturated rings. The van der Waals surface area contributed by atoms with Gasteiger partial charge in [-0.2, -0.15) is 27.9 Å². The highest BCUT2D eigenvalue weighted by Crippen LogP contribution is 2.42. The Kier molecular flexibility index (Phi) is 7.15. The summed E-state index contributed by atoms with van der Waals surface area (Å²) in [6.45, 7) is 2.51. The van der Waals surface area contributed by atoms with Crippen molar-refractivity contribution in [3.8, 4) is 5.95 Å². The highest BCUT2D eigenvalue weighted by atomic mass is 19.4. The van der Waals surface area contributed by atoms with E-state index in [4.69, 9.17) is 19.5 Å². The molecule has 1 N–H and O–H groups in total. The van der Waals surface area contributed by atoms with Crippen LogP contribution in [0, 0.1) is 0 Å². The van der Waals surface area contributed by atoms with Crippen LogP contribution in [0.5, 0.6) is 0 Å². The van der Waals surface area contributed by atoms with Crippen molar-refractivity contribution in [2.75, 3.05) is 26.3 Å². The van der Waals surface area contributed by atoms with E-state index in [0.717, 1.165) is 43.7 Å². The number of likely N-dealkylation sites (tertiary alicyclic amines) is 1. The number of halogens is 4. The van der Waals surface area contributed by atoms with Gasteiger partial charge in [-0.05, 0) is 56.4 Å². The SMILES string of the molecule is FCCCN1CCC(c2nc(-n3nc(C4CC4)c4ccccc43)no2)CC1.O=C(O)C(F)(F)F. The van der Waals surface area contributed by atoms with Gasteiger partial charge in [0.2, 0.25) is 5.89 Å². The average Bonchev–Trinajstić information content (AvgIpc) is 3.41. The normalized spacial score (nSPS) is 17.5. The second kappa shape index (κ2) is 10.1. The van der Waals surface area contributed by atoms with Crippen LogP contribution in [-0.2, 0) is 4.79 Å². The third-order valence-corrected chi connectivity index (χ3v) is 5.99. The summed E-state index contributed by atoms with van der Waals surface area (Å²) in [5, 5.41) is 17.4. The highest BCUT2D eigenvalue weighted by Gasteiger charge is 2.38. The molecule has 12 heteroatoms. The number of para-hydroxylation sites is 1. The van der Waals surface area contributed by atoms with Gasteiger partial charge in [-0.3, -0.25) is 4.39 Å². The molecule has 1 saturated carbocycles. The zero-order chi connectivity index (χ0) is 24.3. The molecule has 0 radical (unpaired) electrons. The lowest BCUT2D eigenvalue weighted by molar-refractivity contribution is -0.192. The van der Waals surface area contributed by atoms with Gasteiger partial charge in [-0.25, -0.2) is 4.79 Å². The molecule has 2 aliphatic rings. The van der Waals surface area contributed by atoms with E-state index in [1.165, 1.54) is 18.2 Å². The van der Waals surface area contributed by atoms with Crippen LogP contribution in [-0.4, -0.2) is 68.4 Å². The second-order valence-corrected chi connectivity index (χ2v) is 8.48. The van der Waals surface area contributed by atoms with Gasteiger partial charge in [0.1, 0.15) is 0 Å². The van der Waals surface area contributed by atoms with Crippen LogP contribution in [0.3, 0.4) is 0 Å². The number of nitrogens with zero attached hydrogens (tertiary/aromatic N) is 5. The number of carboxylic acids is 1. The Morgan fingerprint density at radius 1 is 1.12 bits per heavy atom. The third-order valence-electron chi connectivity index (χ3n) is 5.99. The molecular formula is C22H25F4N5O3. The zero-order valence-corrected chi connectivity index (χ0v) is 18.3. The van der Waals surface area contributed by atoms with Crippen LogP contribution >= 0.6 is 0 Å². The average molecular weight is 483 g/mol. The molecule has 1 saturated heterocycles. The predicted octanol–water partition coefficient (Wildman–Crippen LogP) is 4.46. The summed E-state index contributed by atoms with van der Waals surface area (Å²) in [5.41, 5.74) is 2.19. The van der Waals surface area contributed by atoms with Crippen molar-refractivity contribution in [3.63, 3.8) is 0 Å². The van der Waals surface area contributed by atoms with E-state index < -0.39 is 12.1 Å². The molecule has 3 aromatic rings. The number of hydrogen-bond acceptors (Lipinski definition) is 6. The summed E-state index contributed by atoms with van der Waals surface area (Å²) < 4.78 is 51.5. The summed E-state index contributed by atoms with van der Waals surface area (Å²) in [5.74, 6) is -0.697. The fraction of sp³-hybridized carbons (Fsp3) is 0.545. The maximum Gasteiger partial charge on any atom is 0.490 e. The molecule has 1 aromatic carbocycles. The molecule has 0 spiro atoms. The van der Waals surface area contributed by atoms with Gasteiger partial charge in [0.15, 0.2) is 0 Å². The number of fused-ring (bicyclic) bond motifs is 1. The van der Waals surface area contributed by atoms with Gasteiger partial charge in [-0.1, -0.05) is 18.2 Å². The van der Waals surface area contributed by atoms with E-state index in [1.54, 1.807) is 0 Å². The van der Waals surface area contributed by atoms with Gasteiger partial charge in [0.05, 0.1) is 17.9 Å². The maximum atomic E-state index is 12.4. The molecule has 0 unspecified atom stereocenters. The number of rotatable bonds is 6. The minimum atomic E-state index is -5.08. The zero-order valence-electron chi connectivity index (χ0n) is 18.3. The van der Waals surface area contributed by atoms with Crippen LogP contribution < -0.4 is 0 Å². The molecule has 1 aliphatic heterocycles. The van der Waals surface area contributed by atoms with Gasteiger partial charge >= 0.3 is 12.1 Å². The molecule has 0 atom stereocenters. The fourth-order valence-electron chi connectivity index (χ4n) is 4.07. The second-order valence-electron chi connectivity index (χ2n) is 8.48. The lowest BCUT2D eigenvalue weighted by Gasteiger charge is -2.29. The number of carbonyl (C=O) groups is 1. The minimum Gasteiger partial charge on any atom is -0.475 e. The fourth-order valence-corrected chi connectivity index (χ4v) is 4.07. The van der Waals surface area contributed by atoms with Crippen molar-refractivity contribution in [2.45, 2.75) is 50.1 Å². The Morgan fingerprint density at radius 3 is 2.41 bits per heavy atom. The molecule has 3 heterocycles. The quantitative estimate of drug-likeness (QED) is 0.517. The maximum absolute atomic E-state index is 12.4. The topological polar surface area (TPSA) is 97.3 Å². The number of hydrogen-bond donors (Lipinski definition) is 1. The largest absolute Gasteiger partial charge is 0.490 e. The molecule has 5 rings (SSSR count). The Hall–Kier alpha value is -3.02. The number of carboxylic acid groups (broad SMARTS) is 1. The molecule has 2 aromatic heterocycles. The molecular weight excluding hydrogens is 458 g/mol. The molecule has 34 heavy (non-hydrogen) atoms. The first-order chi connectivity index (χ1) is 16.3.